The molecule has 1 aliphatic carbocycles. The molecule has 7 nitrogen and oxygen atoms in total. The average molecular weight is 613 g/mol. The van der Waals surface area contributed by atoms with E-state index in [0.29, 0.717) is 28.5 Å². The van der Waals surface area contributed by atoms with Crippen molar-refractivity contribution in [2.75, 3.05) is 4.90 Å². The first-order chi connectivity index (χ1) is 20.0. The number of sulfonamides is 1. The molecule has 42 heavy (non-hydrogen) atoms. The molecule has 2 atom stereocenters. The number of benzene rings is 3. The lowest BCUT2D eigenvalue weighted by atomic mass is 9.87. The molecule has 5 rings (SSSR count). The lowest BCUT2D eigenvalue weighted by Crippen LogP contribution is -2.34. The van der Waals surface area contributed by atoms with Crippen molar-refractivity contribution in [3.63, 3.8) is 0 Å². The van der Waals surface area contributed by atoms with Crippen molar-refractivity contribution in [2.45, 2.75) is 56.0 Å². The summed E-state index contributed by atoms with van der Waals surface area (Å²) < 4.78 is 58.5. The number of aromatic nitrogens is 2. The number of amides is 1. The molecule has 0 saturated carbocycles. The Bertz CT molecular complexity index is 1730. The molecule has 4 aromatic rings. The van der Waals surface area contributed by atoms with E-state index in [4.69, 9.17) is 11.6 Å². The van der Waals surface area contributed by atoms with Gasteiger partial charge in [-0.05, 0) is 84.3 Å². The highest BCUT2D eigenvalue weighted by Crippen LogP contribution is 2.35. The van der Waals surface area contributed by atoms with Crippen LogP contribution in [0.2, 0.25) is 5.02 Å². The van der Waals surface area contributed by atoms with Crippen LogP contribution >= 0.6 is 11.6 Å². The minimum absolute atomic E-state index is 0.0391. The molecule has 0 bridgehead atoms. The summed E-state index contributed by atoms with van der Waals surface area (Å²) >= 11 is 6.05. The van der Waals surface area contributed by atoms with Crippen molar-refractivity contribution in [3.05, 3.63) is 112 Å². The van der Waals surface area contributed by atoms with Gasteiger partial charge in [0.05, 0.1) is 11.4 Å². The quantitative estimate of drug-likeness (QED) is 0.236. The van der Waals surface area contributed by atoms with Gasteiger partial charge in [0.15, 0.2) is 11.6 Å². The maximum Gasteiger partial charge on any atom is 0.241 e. The summed E-state index contributed by atoms with van der Waals surface area (Å²) in [4.78, 5) is 19.9. The van der Waals surface area contributed by atoms with E-state index in [0.717, 1.165) is 36.1 Å². The second kappa shape index (κ2) is 12.3. The van der Waals surface area contributed by atoms with Crippen molar-refractivity contribution >= 4 is 33.2 Å². The number of hydrogen-bond donors (Lipinski definition) is 1. The molecule has 220 valence electrons. The highest BCUT2D eigenvalue weighted by molar-refractivity contribution is 7.89. The third kappa shape index (κ3) is 6.56. The lowest BCUT2D eigenvalue weighted by molar-refractivity contribution is -0.119. The molecule has 11 heteroatoms. The summed E-state index contributed by atoms with van der Waals surface area (Å²) in [5.74, 6) is -1.87. The Hall–Kier alpha value is -3.60. The number of fused-ring (bicyclic) bond motifs is 1. The number of rotatable bonds is 9. The van der Waals surface area contributed by atoms with Gasteiger partial charge in [0.1, 0.15) is 5.82 Å². The molecule has 1 heterocycles. The van der Waals surface area contributed by atoms with Crippen molar-refractivity contribution in [2.24, 2.45) is 7.05 Å². The molecular formula is C31H31ClF2N4O3S. The third-order valence-corrected chi connectivity index (χ3v) is 9.38. The van der Waals surface area contributed by atoms with E-state index in [1.165, 1.54) is 18.2 Å². The van der Waals surface area contributed by atoms with Crippen LogP contribution in [-0.4, -0.2) is 23.9 Å². The summed E-state index contributed by atoms with van der Waals surface area (Å²) in [5.41, 5.74) is 2.91. The van der Waals surface area contributed by atoms with Crippen molar-refractivity contribution < 1.29 is 22.0 Å². The van der Waals surface area contributed by atoms with Crippen molar-refractivity contribution in [1.29, 1.82) is 0 Å². The number of nitrogens with zero attached hydrogens (tertiary/aromatic N) is 3. The Morgan fingerprint density at radius 3 is 2.67 bits per heavy atom. The van der Waals surface area contributed by atoms with E-state index in [2.05, 4.69) is 9.71 Å². The predicted octanol–water partition coefficient (Wildman–Crippen LogP) is 6.43. The van der Waals surface area contributed by atoms with Gasteiger partial charge in [-0.2, -0.15) is 0 Å². The van der Waals surface area contributed by atoms with Crippen LogP contribution in [0.4, 0.5) is 14.5 Å². The summed E-state index contributed by atoms with van der Waals surface area (Å²) in [6.07, 6.45) is 5.65. The van der Waals surface area contributed by atoms with Crippen LogP contribution in [0, 0.1) is 11.6 Å². The van der Waals surface area contributed by atoms with Gasteiger partial charge in [0, 0.05) is 42.6 Å². The fourth-order valence-corrected chi connectivity index (χ4v) is 6.84. The maximum absolute atomic E-state index is 13.9. The number of nitrogens with one attached hydrogen (secondary N) is 1. The van der Waals surface area contributed by atoms with Crippen LogP contribution < -0.4 is 9.62 Å². The first-order valence-electron chi connectivity index (χ1n) is 13.6. The number of carbonyl (C=O) groups excluding carboxylic acids is 1. The van der Waals surface area contributed by atoms with Gasteiger partial charge >= 0.3 is 0 Å². The van der Waals surface area contributed by atoms with Gasteiger partial charge in [-0.1, -0.05) is 36.7 Å². The van der Waals surface area contributed by atoms with E-state index in [1.807, 2.05) is 29.8 Å². The molecule has 3 aromatic carbocycles. The first-order valence-corrected chi connectivity index (χ1v) is 15.5. The van der Waals surface area contributed by atoms with Crippen LogP contribution in [0.5, 0.6) is 0 Å². The average Bonchev–Trinajstić information content (AvgIpc) is 3.37. The van der Waals surface area contributed by atoms with Crippen LogP contribution in [-0.2, 0) is 34.8 Å². The number of carbonyl (C=O) groups is 1. The fourth-order valence-electron chi connectivity index (χ4n) is 5.29. The number of aryl methyl sites for hydroxylation is 2. The SMILES string of the molecule is C[C@H](CC(=O)N(Cc1nccn1C)c1ccc2c(c1)[C@@H](NS(=O)(=O)c1cccc(Cl)c1)CCC2)c1ccc(F)c(F)c1. The Morgan fingerprint density at radius 2 is 1.95 bits per heavy atom. The topological polar surface area (TPSA) is 84.3 Å². The highest BCUT2D eigenvalue weighted by atomic mass is 35.5. The summed E-state index contributed by atoms with van der Waals surface area (Å²) in [7, 11) is -2.02. The van der Waals surface area contributed by atoms with Gasteiger partial charge in [0.2, 0.25) is 15.9 Å². The van der Waals surface area contributed by atoms with Crippen LogP contribution in [0.25, 0.3) is 0 Å². The van der Waals surface area contributed by atoms with Crippen LogP contribution in [0.1, 0.15) is 60.7 Å². The zero-order valence-corrected chi connectivity index (χ0v) is 24.8. The summed E-state index contributed by atoms with van der Waals surface area (Å²) in [5, 5.41) is 0.324. The Labute approximate surface area is 249 Å². The van der Waals surface area contributed by atoms with E-state index in [1.54, 1.807) is 36.4 Å². The molecular weight excluding hydrogens is 582 g/mol. The molecule has 1 aromatic heterocycles. The van der Waals surface area contributed by atoms with Gasteiger partial charge in [-0.15, -0.1) is 0 Å². The van der Waals surface area contributed by atoms with Gasteiger partial charge in [0.25, 0.3) is 0 Å². The van der Waals surface area contributed by atoms with Gasteiger partial charge in [-0.3, -0.25) is 4.79 Å². The lowest BCUT2D eigenvalue weighted by Gasteiger charge is -2.30. The first kappa shape index (κ1) is 29.9. The highest BCUT2D eigenvalue weighted by Gasteiger charge is 2.28. The molecule has 1 aliphatic rings. The number of imidazole rings is 1. The minimum atomic E-state index is -3.86. The standard InChI is InChI=1S/C31H31ClF2N4O3S/c1-20(22-10-12-27(33)28(34)16-22)15-31(39)38(19-30-35-13-14-37(30)2)24-11-9-21-5-3-8-29(26(21)18-24)36-42(40,41)25-7-4-6-23(32)17-25/h4,6-7,9-14,16-18,20,29,36H,3,5,8,15,19H2,1-2H3/t20-,29+/m1/s1. The maximum atomic E-state index is 13.9. The molecule has 1 N–H and O–H groups in total. The molecule has 0 unspecified atom stereocenters. The second-order valence-corrected chi connectivity index (χ2v) is 12.8. The monoisotopic (exact) mass is 612 g/mol. The third-order valence-electron chi connectivity index (χ3n) is 7.67. The molecule has 0 aliphatic heterocycles. The van der Waals surface area contributed by atoms with E-state index >= 15 is 0 Å². The van der Waals surface area contributed by atoms with Crippen molar-refractivity contribution in [3.8, 4) is 0 Å². The zero-order valence-electron chi connectivity index (χ0n) is 23.2. The zero-order chi connectivity index (χ0) is 30.0. The predicted molar refractivity (Wildman–Crippen MR) is 158 cm³/mol. The Balaban J connectivity index is 1.46. The molecule has 0 saturated heterocycles. The van der Waals surface area contributed by atoms with E-state index in [-0.39, 0.29) is 29.7 Å². The smallest absolute Gasteiger partial charge is 0.241 e. The Kier molecular flexibility index (Phi) is 8.77. The van der Waals surface area contributed by atoms with E-state index < -0.39 is 27.7 Å². The van der Waals surface area contributed by atoms with Crippen molar-refractivity contribution in [1.82, 2.24) is 14.3 Å². The normalized spacial score (nSPS) is 15.7. The van der Waals surface area contributed by atoms with Gasteiger partial charge < -0.3 is 9.47 Å². The van der Waals surface area contributed by atoms with Crippen LogP contribution in [0.3, 0.4) is 0 Å². The minimum Gasteiger partial charge on any atom is -0.337 e. The molecule has 0 fully saturated rings. The molecule has 1 amide bonds. The fraction of sp³-hybridized carbons (Fsp3) is 0.290. The van der Waals surface area contributed by atoms with Crippen LogP contribution in [0.15, 0.2) is 78.0 Å². The number of anilines is 1. The molecule has 0 radical (unpaired) electrons. The van der Waals surface area contributed by atoms with Gasteiger partial charge in [-0.25, -0.2) is 26.9 Å². The molecule has 0 spiro atoms. The number of halogens is 3. The summed E-state index contributed by atoms with van der Waals surface area (Å²) in [6, 6.07) is 14.9. The largest absolute Gasteiger partial charge is 0.337 e. The number of hydrogen-bond acceptors (Lipinski definition) is 4. The summed E-state index contributed by atoms with van der Waals surface area (Å²) in [6.45, 7) is 1.96. The van der Waals surface area contributed by atoms with E-state index in [9.17, 15) is 22.0 Å². The second-order valence-electron chi connectivity index (χ2n) is 10.6. The Morgan fingerprint density at radius 1 is 1.14 bits per heavy atom.